The zero-order valence-electron chi connectivity index (χ0n) is 11.1. The first-order valence-corrected chi connectivity index (χ1v) is 6.78. The zero-order valence-corrected chi connectivity index (χ0v) is 12.0. The van der Waals surface area contributed by atoms with Gasteiger partial charge in [0.2, 0.25) is 0 Å². The summed E-state index contributed by atoms with van der Waals surface area (Å²) in [7, 11) is 0. The number of para-hydroxylation sites is 1. The van der Waals surface area contributed by atoms with E-state index in [9.17, 15) is 9.90 Å². The molecule has 0 amide bonds. The minimum atomic E-state index is -0.803. The Morgan fingerprint density at radius 1 is 1.42 bits per heavy atom. The van der Waals surface area contributed by atoms with Crippen molar-refractivity contribution in [2.45, 2.75) is 32.7 Å². The molecule has 0 bridgehead atoms. The third-order valence-electron chi connectivity index (χ3n) is 3.51. The van der Waals surface area contributed by atoms with E-state index in [2.05, 4.69) is 5.32 Å². The van der Waals surface area contributed by atoms with Crippen LogP contribution >= 0.6 is 12.2 Å². The summed E-state index contributed by atoms with van der Waals surface area (Å²) in [5, 5.41) is 12.9. The van der Waals surface area contributed by atoms with Crippen molar-refractivity contribution in [2.75, 3.05) is 11.9 Å². The molecule has 1 aromatic rings. The maximum absolute atomic E-state index is 11.2. The fraction of sp³-hybridized carbons (Fsp3) is 0.429. The molecule has 1 saturated heterocycles. The van der Waals surface area contributed by atoms with E-state index in [1.54, 1.807) is 4.90 Å². The highest BCUT2D eigenvalue weighted by Gasteiger charge is 2.32. The number of aliphatic carboxylic acids is 1. The summed E-state index contributed by atoms with van der Waals surface area (Å²) in [5.41, 5.74) is 3.19. The molecule has 1 heterocycles. The van der Waals surface area contributed by atoms with Crippen LogP contribution in [-0.2, 0) is 4.79 Å². The standard InChI is InChI=1S/C14H18N2O2S/c1-9-5-3-6-10(2)12(9)15-14(19)16-8-4-7-11(16)13(17)18/h3,5-6,11H,4,7-8H2,1-2H3,(H,15,19)(H,17,18)/t11-/m0/s1. The van der Waals surface area contributed by atoms with Crippen LogP contribution in [0.2, 0.25) is 0 Å². The number of carboxylic acids is 1. The van der Waals surface area contributed by atoms with E-state index in [1.165, 1.54) is 0 Å². The first kappa shape index (κ1) is 13.8. The number of carbonyl (C=O) groups is 1. The summed E-state index contributed by atoms with van der Waals surface area (Å²) in [4.78, 5) is 12.9. The fourth-order valence-electron chi connectivity index (χ4n) is 2.46. The summed E-state index contributed by atoms with van der Waals surface area (Å²) in [5.74, 6) is -0.803. The Hall–Kier alpha value is -1.62. The van der Waals surface area contributed by atoms with Crippen molar-refractivity contribution in [1.82, 2.24) is 4.90 Å². The summed E-state index contributed by atoms with van der Waals surface area (Å²) < 4.78 is 0. The first-order valence-electron chi connectivity index (χ1n) is 6.37. The number of benzene rings is 1. The van der Waals surface area contributed by atoms with Crippen molar-refractivity contribution in [3.63, 3.8) is 0 Å². The van der Waals surface area contributed by atoms with E-state index in [-0.39, 0.29) is 0 Å². The highest BCUT2D eigenvalue weighted by Crippen LogP contribution is 2.23. The molecule has 5 heteroatoms. The van der Waals surface area contributed by atoms with Crippen LogP contribution < -0.4 is 5.32 Å². The average molecular weight is 278 g/mol. The molecule has 2 rings (SSSR count). The number of nitrogens with zero attached hydrogens (tertiary/aromatic N) is 1. The molecule has 2 N–H and O–H groups in total. The Balaban J connectivity index is 2.15. The molecule has 0 spiro atoms. The number of hydrogen-bond donors (Lipinski definition) is 2. The van der Waals surface area contributed by atoms with Crippen molar-refractivity contribution >= 4 is 29.0 Å². The van der Waals surface area contributed by atoms with E-state index in [4.69, 9.17) is 12.2 Å². The molecule has 1 aromatic carbocycles. The van der Waals surface area contributed by atoms with Crippen LogP contribution in [-0.4, -0.2) is 33.7 Å². The molecule has 1 aliphatic rings. The molecule has 1 aliphatic heterocycles. The van der Waals surface area contributed by atoms with Gasteiger partial charge in [0.15, 0.2) is 5.11 Å². The largest absolute Gasteiger partial charge is 0.480 e. The molecule has 4 nitrogen and oxygen atoms in total. The minimum Gasteiger partial charge on any atom is -0.480 e. The summed E-state index contributed by atoms with van der Waals surface area (Å²) in [6.45, 7) is 4.72. The third-order valence-corrected chi connectivity index (χ3v) is 3.85. The number of aryl methyl sites for hydroxylation is 2. The van der Waals surface area contributed by atoms with Gasteiger partial charge >= 0.3 is 5.97 Å². The van der Waals surface area contributed by atoms with Gasteiger partial charge in [-0.2, -0.15) is 0 Å². The number of thiocarbonyl (C=S) groups is 1. The lowest BCUT2D eigenvalue weighted by Crippen LogP contribution is -2.42. The van der Waals surface area contributed by atoms with Crippen LogP contribution in [0.15, 0.2) is 18.2 Å². The third kappa shape index (κ3) is 2.87. The zero-order chi connectivity index (χ0) is 14.0. The lowest BCUT2D eigenvalue weighted by atomic mass is 10.1. The molecule has 19 heavy (non-hydrogen) atoms. The quantitative estimate of drug-likeness (QED) is 0.814. The Kier molecular flexibility index (Phi) is 4.04. The second-order valence-electron chi connectivity index (χ2n) is 4.89. The van der Waals surface area contributed by atoms with Crippen molar-refractivity contribution in [2.24, 2.45) is 0 Å². The predicted molar refractivity (Wildman–Crippen MR) is 79.5 cm³/mol. The average Bonchev–Trinajstić information content (AvgIpc) is 2.83. The SMILES string of the molecule is Cc1cccc(C)c1NC(=S)N1CCC[C@H]1C(=O)O. The Morgan fingerprint density at radius 3 is 2.63 bits per heavy atom. The monoisotopic (exact) mass is 278 g/mol. The maximum atomic E-state index is 11.2. The van der Waals surface area contributed by atoms with Gasteiger partial charge in [-0.05, 0) is 50.0 Å². The normalized spacial score (nSPS) is 18.4. The molecule has 1 fully saturated rings. The van der Waals surface area contributed by atoms with Crippen molar-refractivity contribution in [3.8, 4) is 0 Å². The summed E-state index contributed by atoms with van der Waals surface area (Å²) >= 11 is 5.36. The molecular weight excluding hydrogens is 260 g/mol. The van der Waals surface area contributed by atoms with Gasteiger partial charge in [0.1, 0.15) is 6.04 Å². The Labute approximate surface area is 118 Å². The molecule has 102 valence electrons. The number of carboxylic acid groups (broad SMARTS) is 1. The van der Waals surface area contributed by atoms with Gasteiger partial charge in [-0.1, -0.05) is 18.2 Å². The van der Waals surface area contributed by atoms with Crippen molar-refractivity contribution in [1.29, 1.82) is 0 Å². The van der Waals surface area contributed by atoms with Gasteiger partial charge in [0, 0.05) is 12.2 Å². The van der Waals surface area contributed by atoms with Gasteiger partial charge < -0.3 is 15.3 Å². The summed E-state index contributed by atoms with van der Waals surface area (Å²) in [6, 6.07) is 5.52. The molecule has 0 saturated carbocycles. The number of hydrogen-bond acceptors (Lipinski definition) is 2. The van der Waals surface area contributed by atoms with E-state index in [1.807, 2.05) is 32.0 Å². The highest BCUT2D eigenvalue weighted by atomic mass is 32.1. The van der Waals surface area contributed by atoms with E-state index < -0.39 is 12.0 Å². The van der Waals surface area contributed by atoms with E-state index in [0.717, 1.165) is 23.2 Å². The van der Waals surface area contributed by atoms with Crippen LogP contribution in [0.1, 0.15) is 24.0 Å². The second-order valence-corrected chi connectivity index (χ2v) is 5.27. The second kappa shape index (κ2) is 5.57. The van der Waals surface area contributed by atoms with Gasteiger partial charge in [0.05, 0.1) is 0 Å². The van der Waals surface area contributed by atoms with E-state index >= 15 is 0 Å². The predicted octanol–water partition coefficient (Wildman–Crippen LogP) is 2.55. The van der Waals surface area contributed by atoms with Crippen LogP contribution in [0.4, 0.5) is 5.69 Å². The Bertz CT molecular complexity index is 496. The van der Waals surface area contributed by atoms with Gasteiger partial charge in [-0.15, -0.1) is 0 Å². The van der Waals surface area contributed by atoms with Crippen LogP contribution in [0.3, 0.4) is 0 Å². The molecule has 0 aliphatic carbocycles. The highest BCUT2D eigenvalue weighted by molar-refractivity contribution is 7.80. The first-order chi connectivity index (χ1) is 9.00. The lowest BCUT2D eigenvalue weighted by Gasteiger charge is -2.25. The molecule has 0 unspecified atom stereocenters. The topological polar surface area (TPSA) is 52.6 Å². The minimum absolute atomic E-state index is 0.496. The van der Waals surface area contributed by atoms with Crippen LogP contribution in [0.5, 0.6) is 0 Å². The summed E-state index contributed by atoms with van der Waals surface area (Å²) in [6.07, 6.45) is 1.52. The number of likely N-dealkylation sites (tertiary alicyclic amines) is 1. The fourth-order valence-corrected chi connectivity index (χ4v) is 2.78. The maximum Gasteiger partial charge on any atom is 0.326 e. The van der Waals surface area contributed by atoms with Gasteiger partial charge in [-0.3, -0.25) is 0 Å². The molecular formula is C14H18N2O2S. The van der Waals surface area contributed by atoms with Crippen LogP contribution in [0.25, 0.3) is 0 Å². The number of anilines is 1. The Morgan fingerprint density at radius 2 is 2.05 bits per heavy atom. The number of rotatable bonds is 2. The smallest absolute Gasteiger partial charge is 0.326 e. The van der Waals surface area contributed by atoms with Crippen LogP contribution in [0, 0.1) is 13.8 Å². The van der Waals surface area contributed by atoms with Crippen molar-refractivity contribution < 1.29 is 9.90 Å². The van der Waals surface area contributed by atoms with Gasteiger partial charge in [0.25, 0.3) is 0 Å². The van der Waals surface area contributed by atoms with E-state index in [0.29, 0.717) is 18.1 Å². The van der Waals surface area contributed by atoms with Gasteiger partial charge in [-0.25, -0.2) is 4.79 Å². The number of nitrogens with one attached hydrogen (secondary N) is 1. The lowest BCUT2D eigenvalue weighted by molar-refractivity contribution is -0.140. The molecule has 1 atom stereocenters. The van der Waals surface area contributed by atoms with Crippen molar-refractivity contribution in [3.05, 3.63) is 29.3 Å². The molecule has 0 aromatic heterocycles. The molecule has 0 radical (unpaired) electrons.